The van der Waals surface area contributed by atoms with Gasteiger partial charge in [-0.05, 0) is 38.5 Å². The number of fused-ring (bicyclic) bond motifs is 1. The summed E-state index contributed by atoms with van der Waals surface area (Å²) < 4.78 is 5.59. The van der Waals surface area contributed by atoms with Crippen LogP contribution in [0.25, 0.3) is 11.0 Å². The largest absolute Gasteiger partial charge is 0.464 e. The fraction of sp³-hybridized carbons (Fsp3) is 0.467. The van der Waals surface area contributed by atoms with Gasteiger partial charge >= 0.3 is 0 Å². The summed E-state index contributed by atoms with van der Waals surface area (Å²) >= 11 is 0. The molecule has 3 nitrogen and oxygen atoms in total. The van der Waals surface area contributed by atoms with Crippen LogP contribution in [-0.4, -0.2) is 31.6 Å². The lowest BCUT2D eigenvalue weighted by Crippen LogP contribution is -2.24. The minimum absolute atomic E-state index is 0.799. The zero-order valence-electron chi connectivity index (χ0n) is 10.9. The fourth-order valence-electron chi connectivity index (χ4n) is 2.91. The topological polar surface area (TPSA) is 28.4 Å². The van der Waals surface area contributed by atoms with Gasteiger partial charge in [0.15, 0.2) is 0 Å². The average Bonchev–Trinajstić information content (AvgIpc) is 2.99. The molecule has 2 aromatic rings. The van der Waals surface area contributed by atoms with E-state index in [9.17, 15) is 0 Å². The molecule has 3 heteroatoms. The molecule has 2 heterocycles. The summed E-state index contributed by atoms with van der Waals surface area (Å²) in [6, 6.07) is 8.28. The first kappa shape index (κ1) is 11.8. The van der Waals surface area contributed by atoms with Gasteiger partial charge in [-0.1, -0.05) is 18.2 Å². The lowest BCUT2D eigenvalue weighted by Gasteiger charge is -2.15. The molecule has 0 radical (unpaired) electrons. The van der Waals surface area contributed by atoms with E-state index in [0.717, 1.165) is 24.6 Å². The molecule has 0 bridgehead atoms. The number of hydrogen-bond acceptors (Lipinski definition) is 3. The monoisotopic (exact) mass is 244 g/mol. The molecule has 1 aliphatic heterocycles. The number of hydrogen-bond donors (Lipinski definition) is 1. The second-order valence-electron chi connectivity index (χ2n) is 5.20. The van der Waals surface area contributed by atoms with Crippen molar-refractivity contribution in [2.75, 3.05) is 26.7 Å². The highest BCUT2D eigenvalue weighted by atomic mass is 16.3. The summed E-state index contributed by atoms with van der Waals surface area (Å²) in [6.07, 6.45) is 3.21. The number of likely N-dealkylation sites (tertiary alicyclic amines) is 1. The predicted molar refractivity (Wildman–Crippen MR) is 73.5 cm³/mol. The summed E-state index contributed by atoms with van der Waals surface area (Å²) in [5.41, 5.74) is 2.31. The number of benzene rings is 1. The van der Waals surface area contributed by atoms with E-state index in [0.29, 0.717) is 0 Å². The van der Waals surface area contributed by atoms with Crippen molar-refractivity contribution < 1.29 is 4.42 Å². The van der Waals surface area contributed by atoms with E-state index in [4.69, 9.17) is 4.42 Å². The van der Waals surface area contributed by atoms with E-state index >= 15 is 0 Å². The molecule has 0 spiro atoms. The van der Waals surface area contributed by atoms with E-state index in [1.807, 2.05) is 25.4 Å². The first-order chi connectivity index (χ1) is 8.86. The molecule has 18 heavy (non-hydrogen) atoms. The van der Waals surface area contributed by atoms with E-state index in [-0.39, 0.29) is 0 Å². The van der Waals surface area contributed by atoms with Crippen molar-refractivity contribution in [1.82, 2.24) is 10.2 Å². The van der Waals surface area contributed by atoms with Gasteiger partial charge in [0.1, 0.15) is 5.58 Å². The minimum Gasteiger partial charge on any atom is -0.464 e. The summed E-state index contributed by atoms with van der Waals surface area (Å²) in [7, 11) is 2.03. The van der Waals surface area contributed by atoms with Crippen LogP contribution in [0.5, 0.6) is 0 Å². The first-order valence-corrected chi connectivity index (χ1v) is 6.69. The zero-order valence-corrected chi connectivity index (χ0v) is 10.9. The first-order valence-electron chi connectivity index (χ1n) is 6.69. The van der Waals surface area contributed by atoms with Crippen molar-refractivity contribution in [2.45, 2.75) is 13.0 Å². The lowest BCUT2D eigenvalue weighted by atomic mass is 10.1. The molecule has 1 aromatic heterocycles. The number of rotatable bonds is 4. The Bertz CT molecular complexity index is 520. The van der Waals surface area contributed by atoms with Crippen molar-refractivity contribution in [3.05, 3.63) is 36.1 Å². The Morgan fingerprint density at radius 1 is 1.39 bits per heavy atom. The number of para-hydroxylation sites is 1. The highest BCUT2D eigenvalue weighted by Gasteiger charge is 2.22. The normalized spacial score (nSPS) is 20.8. The molecular formula is C15H20N2O. The van der Waals surface area contributed by atoms with Crippen LogP contribution >= 0.6 is 0 Å². The second kappa shape index (κ2) is 5.12. The van der Waals surface area contributed by atoms with Crippen LogP contribution in [0.1, 0.15) is 12.0 Å². The Kier molecular flexibility index (Phi) is 3.35. The Hall–Kier alpha value is -1.32. The van der Waals surface area contributed by atoms with E-state index in [1.165, 1.54) is 30.5 Å². The Balaban J connectivity index is 1.70. The maximum absolute atomic E-state index is 5.59. The molecule has 1 aliphatic rings. The van der Waals surface area contributed by atoms with Gasteiger partial charge in [0.05, 0.1) is 6.26 Å². The molecule has 3 rings (SSSR count). The third-order valence-corrected chi connectivity index (χ3v) is 3.82. The number of furan rings is 1. The molecular weight excluding hydrogens is 224 g/mol. The average molecular weight is 244 g/mol. The quantitative estimate of drug-likeness (QED) is 0.895. The summed E-state index contributed by atoms with van der Waals surface area (Å²) in [6.45, 7) is 4.53. The molecule has 1 fully saturated rings. The van der Waals surface area contributed by atoms with E-state index < -0.39 is 0 Å². The van der Waals surface area contributed by atoms with Gasteiger partial charge in [0.25, 0.3) is 0 Å². The number of nitrogens with one attached hydrogen (secondary N) is 1. The smallest absolute Gasteiger partial charge is 0.134 e. The van der Waals surface area contributed by atoms with Crippen LogP contribution in [-0.2, 0) is 6.54 Å². The van der Waals surface area contributed by atoms with Gasteiger partial charge in [0.2, 0.25) is 0 Å². The zero-order chi connectivity index (χ0) is 12.4. The Morgan fingerprint density at radius 3 is 3.17 bits per heavy atom. The van der Waals surface area contributed by atoms with Crippen LogP contribution in [0, 0.1) is 5.92 Å². The lowest BCUT2D eigenvalue weighted by molar-refractivity contribution is 0.315. The summed E-state index contributed by atoms with van der Waals surface area (Å²) in [4.78, 5) is 2.53. The molecule has 0 amide bonds. The fourth-order valence-corrected chi connectivity index (χ4v) is 2.91. The molecule has 0 aliphatic carbocycles. The van der Waals surface area contributed by atoms with Gasteiger partial charge in [-0.2, -0.15) is 0 Å². The molecule has 0 saturated carbocycles. The third-order valence-electron chi connectivity index (χ3n) is 3.82. The molecule has 1 atom stereocenters. The predicted octanol–water partition coefficient (Wildman–Crippen LogP) is 2.47. The molecule has 1 N–H and O–H groups in total. The van der Waals surface area contributed by atoms with Crippen molar-refractivity contribution in [2.24, 2.45) is 5.92 Å². The molecule has 1 aromatic carbocycles. The summed E-state index contributed by atoms with van der Waals surface area (Å²) in [5, 5.41) is 4.53. The van der Waals surface area contributed by atoms with Gasteiger partial charge < -0.3 is 9.73 Å². The van der Waals surface area contributed by atoms with Crippen molar-refractivity contribution in [3.8, 4) is 0 Å². The van der Waals surface area contributed by atoms with Crippen LogP contribution in [0.3, 0.4) is 0 Å². The summed E-state index contributed by atoms with van der Waals surface area (Å²) in [5.74, 6) is 0.799. The van der Waals surface area contributed by atoms with Crippen molar-refractivity contribution >= 4 is 11.0 Å². The SMILES string of the molecule is CNCC1CCN(Cc2coc3ccccc23)C1. The number of nitrogens with zero attached hydrogens (tertiary/aromatic N) is 1. The Labute approximate surface area is 108 Å². The molecule has 1 unspecified atom stereocenters. The van der Waals surface area contributed by atoms with Crippen LogP contribution in [0.15, 0.2) is 34.9 Å². The maximum atomic E-state index is 5.59. The van der Waals surface area contributed by atoms with Crippen molar-refractivity contribution in [1.29, 1.82) is 0 Å². The minimum atomic E-state index is 0.799. The van der Waals surface area contributed by atoms with Crippen LogP contribution in [0.2, 0.25) is 0 Å². The van der Waals surface area contributed by atoms with Crippen LogP contribution in [0.4, 0.5) is 0 Å². The molecule has 1 saturated heterocycles. The van der Waals surface area contributed by atoms with Crippen LogP contribution < -0.4 is 5.32 Å². The van der Waals surface area contributed by atoms with Gasteiger partial charge in [0, 0.05) is 24.0 Å². The third kappa shape index (κ3) is 2.28. The highest BCUT2D eigenvalue weighted by Crippen LogP contribution is 2.24. The van der Waals surface area contributed by atoms with Gasteiger partial charge in [-0.25, -0.2) is 0 Å². The van der Waals surface area contributed by atoms with E-state index in [2.05, 4.69) is 22.3 Å². The van der Waals surface area contributed by atoms with Gasteiger partial charge in [-0.3, -0.25) is 4.90 Å². The Morgan fingerprint density at radius 2 is 2.28 bits per heavy atom. The highest BCUT2D eigenvalue weighted by molar-refractivity contribution is 5.80. The second-order valence-corrected chi connectivity index (χ2v) is 5.20. The standard InChI is InChI=1S/C15H20N2O/c1-16-8-12-6-7-17(9-12)10-13-11-18-15-5-3-2-4-14(13)15/h2-5,11-12,16H,6-10H2,1H3. The van der Waals surface area contributed by atoms with E-state index in [1.54, 1.807) is 0 Å². The maximum Gasteiger partial charge on any atom is 0.134 e. The van der Waals surface area contributed by atoms with Gasteiger partial charge in [-0.15, -0.1) is 0 Å². The molecule has 96 valence electrons. The van der Waals surface area contributed by atoms with Crippen molar-refractivity contribution in [3.63, 3.8) is 0 Å².